The zero-order valence-electron chi connectivity index (χ0n) is 17.8. The van der Waals surface area contributed by atoms with Gasteiger partial charge in [-0.05, 0) is 50.5 Å². The number of carboxylic acids is 1. The van der Waals surface area contributed by atoms with Gasteiger partial charge in [0, 0.05) is 19.5 Å². The van der Waals surface area contributed by atoms with Crippen LogP contribution < -0.4 is 27.4 Å². The van der Waals surface area contributed by atoms with E-state index in [1.54, 1.807) is 0 Å². The SMILES string of the molecule is N=C(N)C1NCC=C1CC(N)C(=O)NCCCCC(=O)NC(CC1=CCCC1)C(=O)O. The van der Waals surface area contributed by atoms with Crippen LogP contribution in [-0.4, -0.2) is 59.9 Å². The van der Waals surface area contributed by atoms with Gasteiger partial charge in [-0.3, -0.25) is 15.0 Å². The third kappa shape index (κ3) is 8.14. The largest absolute Gasteiger partial charge is 0.480 e. The van der Waals surface area contributed by atoms with E-state index in [9.17, 15) is 19.5 Å². The number of amidine groups is 1. The van der Waals surface area contributed by atoms with Crippen LogP contribution in [0.25, 0.3) is 0 Å². The van der Waals surface area contributed by atoms with E-state index in [4.69, 9.17) is 16.9 Å². The molecule has 172 valence electrons. The van der Waals surface area contributed by atoms with Crippen molar-refractivity contribution in [3.63, 3.8) is 0 Å². The van der Waals surface area contributed by atoms with Crippen molar-refractivity contribution in [3.05, 3.63) is 23.3 Å². The summed E-state index contributed by atoms with van der Waals surface area (Å²) in [7, 11) is 0. The predicted molar refractivity (Wildman–Crippen MR) is 117 cm³/mol. The number of carbonyl (C=O) groups is 3. The molecule has 3 unspecified atom stereocenters. The molecule has 1 heterocycles. The fraction of sp³-hybridized carbons (Fsp3) is 0.619. The van der Waals surface area contributed by atoms with Gasteiger partial charge >= 0.3 is 5.97 Å². The molecule has 0 saturated carbocycles. The summed E-state index contributed by atoms with van der Waals surface area (Å²) in [4.78, 5) is 35.6. The smallest absolute Gasteiger partial charge is 0.326 e. The summed E-state index contributed by atoms with van der Waals surface area (Å²) in [5.74, 6) is -1.62. The van der Waals surface area contributed by atoms with Gasteiger partial charge in [0.25, 0.3) is 0 Å². The third-order valence-electron chi connectivity index (χ3n) is 5.52. The van der Waals surface area contributed by atoms with Gasteiger partial charge in [0.05, 0.1) is 12.1 Å². The average molecular weight is 435 g/mol. The molecule has 2 amide bonds. The highest BCUT2D eigenvalue weighted by atomic mass is 16.4. The van der Waals surface area contributed by atoms with Crippen LogP contribution >= 0.6 is 0 Å². The fourth-order valence-corrected chi connectivity index (χ4v) is 3.82. The Labute approximate surface area is 182 Å². The normalized spacial score (nSPS) is 19.8. The van der Waals surface area contributed by atoms with Crippen LogP contribution in [0, 0.1) is 5.41 Å². The van der Waals surface area contributed by atoms with Gasteiger partial charge in [-0.2, -0.15) is 0 Å². The van der Waals surface area contributed by atoms with E-state index in [2.05, 4.69) is 22.0 Å². The Balaban J connectivity index is 1.62. The number of amides is 2. The molecular weight excluding hydrogens is 400 g/mol. The monoisotopic (exact) mass is 434 g/mol. The van der Waals surface area contributed by atoms with E-state index < -0.39 is 18.1 Å². The Bertz CT molecular complexity index is 748. The molecule has 0 aromatic carbocycles. The van der Waals surface area contributed by atoms with E-state index in [1.165, 1.54) is 0 Å². The summed E-state index contributed by atoms with van der Waals surface area (Å²) in [5, 5.41) is 25.3. The third-order valence-corrected chi connectivity index (χ3v) is 5.52. The lowest BCUT2D eigenvalue weighted by atomic mass is 10.0. The van der Waals surface area contributed by atoms with Crippen molar-refractivity contribution in [3.8, 4) is 0 Å². The molecule has 0 aromatic rings. The molecule has 0 bridgehead atoms. The Kier molecular flexibility index (Phi) is 9.67. The summed E-state index contributed by atoms with van der Waals surface area (Å²) >= 11 is 0. The number of hydrogen-bond donors (Lipinski definition) is 7. The van der Waals surface area contributed by atoms with Gasteiger partial charge in [0.1, 0.15) is 11.9 Å². The van der Waals surface area contributed by atoms with E-state index in [0.717, 1.165) is 30.4 Å². The highest BCUT2D eigenvalue weighted by molar-refractivity contribution is 5.87. The summed E-state index contributed by atoms with van der Waals surface area (Å²) in [5.41, 5.74) is 13.4. The zero-order valence-corrected chi connectivity index (χ0v) is 17.8. The molecule has 31 heavy (non-hydrogen) atoms. The predicted octanol–water partition coefficient (Wildman–Crippen LogP) is -0.106. The Hall–Kier alpha value is -2.72. The van der Waals surface area contributed by atoms with E-state index in [1.807, 2.05) is 6.08 Å². The maximum atomic E-state index is 12.2. The van der Waals surface area contributed by atoms with Crippen LogP contribution in [0.5, 0.6) is 0 Å². The highest BCUT2D eigenvalue weighted by Crippen LogP contribution is 2.22. The molecule has 9 N–H and O–H groups in total. The van der Waals surface area contributed by atoms with Crippen molar-refractivity contribution in [2.75, 3.05) is 13.1 Å². The average Bonchev–Trinajstić information content (AvgIpc) is 3.38. The molecule has 10 nitrogen and oxygen atoms in total. The number of aliphatic carboxylic acids is 1. The number of carboxylic acid groups (broad SMARTS) is 1. The van der Waals surface area contributed by atoms with Crippen molar-refractivity contribution in [1.29, 1.82) is 5.41 Å². The number of rotatable bonds is 13. The fourth-order valence-electron chi connectivity index (χ4n) is 3.82. The van der Waals surface area contributed by atoms with Gasteiger partial charge < -0.3 is 32.5 Å². The van der Waals surface area contributed by atoms with Crippen LogP contribution in [-0.2, 0) is 14.4 Å². The van der Waals surface area contributed by atoms with Crippen LogP contribution in [0.2, 0.25) is 0 Å². The maximum Gasteiger partial charge on any atom is 0.326 e. The number of carbonyl (C=O) groups excluding carboxylic acids is 2. The van der Waals surface area contributed by atoms with Gasteiger partial charge in [0.2, 0.25) is 11.8 Å². The minimum absolute atomic E-state index is 0.000241. The van der Waals surface area contributed by atoms with Crippen molar-refractivity contribution in [2.24, 2.45) is 11.5 Å². The molecule has 0 saturated heterocycles. The first-order chi connectivity index (χ1) is 14.8. The zero-order chi connectivity index (χ0) is 22.8. The van der Waals surface area contributed by atoms with Gasteiger partial charge in [-0.1, -0.05) is 17.7 Å². The molecule has 0 spiro atoms. The minimum atomic E-state index is -1.03. The number of allylic oxidation sites excluding steroid dienone is 1. The highest BCUT2D eigenvalue weighted by Gasteiger charge is 2.25. The molecule has 3 atom stereocenters. The van der Waals surface area contributed by atoms with E-state index in [0.29, 0.717) is 38.8 Å². The second-order valence-corrected chi connectivity index (χ2v) is 8.05. The standard InChI is InChI=1S/C21H34N6O4/c22-15(12-14-8-10-25-18(14)19(23)24)20(29)26-9-4-3-7-17(28)27-16(21(30)31)11-13-5-1-2-6-13/h5,8,15-16,18,25H,1-4,6-7,9-12,22H2,(H3,23,24)(H,26,29)(H,27,28)(H,30,31). The molecule has 1 aliphatic carbocycles. The van der Waals surface area contributed by atoms with E-state index >= 15 is 0 Å². The lowest BCUT2D eigenvalue weighted by molar-refractivity contribution is -0.141. The Morgan fingerprint density at radius 1 is 1.26 bits per heavy atom. The molecule has 10 heteroatoms. The number of nitrogens with one attached hydrogen (secondary N) is 4. The first-order valence-electron chi connectivity index (χ1n) is 10.8. The quantitative estimate of drug-likeness (QED) is 0.0912. The molecule has 2 aliphatic rings. The summed E-state index contributed by atoms with van der Waals surface area (Å²) in [6.07, 6.45) is 8.82. The molecule has 0 aromatic heterocycles. The Morgan fingerprint density at radius 3 is 2.68 bits per heavy atom. The molecule has 0 fully saturated rings. The topological polar surface area (TPSA) is 183 Å². The Morgan fingerprint density at radius 2 is 2.03 bits per heavy atom. The molecule has 2 rings (SSSR count). The van der Waals surface area contributed by atoms with Gasteiger partial charge in [-0.25, -0.2) is 4.79 Å². The molecule has 1 aliphatic heterocycles. The number of unbranched alkanes of at least 4 members (excludes halogenated alkanes) is 1. The minimum Gasteiger partial charge on any atom is -0.480 e. The maximum absolute atomic E-state index is 12.2. The van der Waals surface area contributed by atoms with Crippen LogP contribution in [0.3, 0.4) is 0 Å². The molecule has 0 radical (unpaired) electrons. The molecular formula is C21H34N6O4. The number of hydrogen-bond acceptors (Lipinski definition) is 6. The second kappa shape index (κ2) is 12.2. The summed E-state index contributed by atoms with van der Waals surface area (Å²) < 4.78 is 0. The van der Waals surface area contributed by atoms with E-state index in [-0.39, 0.29) is 30.1 Å². The summed E-state index contributed by atoms with van der Waals surface area (Å²) in [6.45, 7) is 0.971. The van der Waals surface area contributed by atoms with Crippen LogP contribution in [0.15, 0.2) is 23.3 Å². The van der Waals surface area contributed by atoms with Gasteiger partial charge in [0.15, 0.2) is 0 Å². The first-order valence-corrected chi connectivity index (χ1v) is 10.8. The lowest BCUT2D eigenvalue weighted by Gasteiger charge is -2.18. The second-order valence-electron chi connectivity index (χ2n) is 8.05. The van der Waals surface area contributed by atoms with Crippen molar-refractivity contribution >= 4 is 23.6 Å². The van der Waals surface area contributed by atoms with Gasteiger partial charge in [-0.15, -0.1) is 0 Å². The van der Waals surface area contributed by atoms with Crippen molar-refractivity contribution in [2.45, 2.75) is 69.5 Å². The van der Waals surface area contributed by atoms with Crippen molar-refractivity contribution in [1.82, 2.24) is 16.0 Å². The van der Waals surface area contributed by atoms with Crippen molar-refractivity contribution < 1.29 is 19.5 Å². The lowest BCUT2D eigenvalue weighted by Crippen LogP contribution is -2.44. The first kappa shape index (κ1) is 24.5. The van der Waals surface area contributed by atoms with Crippen LogP contribution in [0.1, 0.15) is 51.4 Å². The van der Waals surface area contributed by atoms with Crippen LogP contribution in [0.4, 0.5) is 0 Å². The summed E-state index contributed by atoms with van der Waals surface area (Å²) in [6, 6.07) is -2.00. The number of nitrogens with two attached hydrogens (primary N) is 2.